The first-order chi connectivity index (χ1) is 12.3. The van der Waals surface area contributed by atoms with Crippen LogP contribution in [0.2, 0.25) is 0 Å². The lowest BCUT2D eigenvalue weighted by Crippen LogP contribution is -2.43. The molecule has 1 aromatic rings. The van der Waals surface area contributed by atoms with Gasteiger partial charge in [0.25, 0.3) is 5.91 Å². The maximum Gasteiger partial charge on any atom is 0.325 e. The quantitative estimate of drug-likeness (QED) is 0.172. The Morgan fingerprint density at radius 1 is 1.33 bits per heavy atom. The number of urea groups is 1. The molecular formula is C17H29IN6O2S. The summed E-state index contributed by atoms with van der Waals surface area (Å²) in [5.41, 5.74) is 0.264. The summed E-state index contributed by atoms with van der Waals surface area (Å²) >= 11 is 1.67. The highest BCUT2D eigenvalue weighted by Crippen LogP contribution is 2.20. The SMILES string of the molecule is CCC1(C)NC(=O)N(CCCNC(=NC)NCc2sc(C)nc2C)C1=O.I. The molecule has 1 saturated heterocycles. The average Bonchev–Trinajstić information content (AvgIpc) is 3.04. The van der Waals surface area contributed by atoms with Crippen LogP contribution in [0.15, 0.2) is 4.99 Å². The smallest absolute Gasteiger partial charge is 0.325 e. The number of carbonyl (C=O) groups is 2. The van der Waals surface area contributed by atoms with E-state index in [4.69, 9.17) is 0 Å². The second-order valence-electron chi connectivity index (χ2n) is 6.52. The van der Waals surface area contributed by atoms with Crippen molar-refractivity contribution in [1.82, 2.24) is 25.8 Å². The summed E-state index contributed by atoms with van der Waals surface area (Å²) in [7, 11) is 1.71. The molecule has 0 radical (unpaired) electrons. The average molecular weight is 508 g/mol. The molecule has 0 bridgehead atoms. The van der Waals surface area contributed by atoms with Gasteiger partial charge in [0.15, 0.2) is 5.96 Å². The number of carbonyl (C=O) groups excluding carboxylic acids is 2. The third-order valence-electron chi connectivity index (χ3n) is 4.54. The van der Waals surface area contributed by atoms with Gasteiger partial charge < -0.3 is 16.0 Å². The lowest BCUT2D eigenvalue weighted by Gasteiger charge is -2.19. The molecule has 10 heteroatoms. The normalized spacial score (nSPS) is 19.7. The summed E-state index contributed by atoms with van der Waals surface area (Å²) in [6, 6.07) is -0.308. The predicted octanol–water partition coefficient (Wildman–Crippen LogP) is 2.15. The van der Waals surface area contributed by atoms with Crippen LogP contribution in [0.1, 0.15) is 42.3 Å². The molecule has 1 atom stereocenters. The van der Waals surface area contributed by atoms with E-state index < -0.39 is 5.54 Å². The molecule has 1 aliphatic heterocycles. The first-order valence-corrected chi connectivity index (χ1v) is 9.64. The fourth-order valence-electron chi connectivity index (χ4n) is 2.76. The number of nitrogens with one attached hydrogen (secondary N) is 3. The summed E-state index contributed by atoms with van der Waals surface area (Å²) in [5, 5.41) is 10.3. The second-order valence-corrected chi connectivity index (χ2v) is 7.81. The molecule has 0 saturated carbocycles. The van der Waals surface area contributed by atoms with Gasteiger partial charge in [0, 0.05) is 25.0 Å². The lowest BCUT2D eigenvalue weighted by atomic mass is 9.99. The maximum absolute atomic E-state index is 12.3. The van der Waals surface area contributed by atoms with Crippen molar-refractivity contribution in [2.24, 2.45) is 4.99 Å². The maximum atomic E-state index is 12.3. The van der Waals surface area contributed by atoms with Crippen LogP contribution in [0.25, 0.3) is 0 Å². The van der Waals surface area contributed by atoms with Crippen LogP contribution in [0.3, 0.4) is 0 Å². The third kappa shape index (κ3) is 5.77. The number of rotatable bonds is 7. The van der Waals surface area contributed by atoms with Crippen molar-refractivity contribution in [2.45, 2.75) is 52.6 Å². The van der Waals surface area contributed by atoms with E-state index in [1.165, 1.54) is 9.78 Å². The Balaban J connectivity index is 0.00000364. The molecule has 2 rings (SSSR count). The van der Waals surface area contributed by atoms with E-state index in [-0.39, 0.29) is 35.9 Å². The van der Waals surface area contributed by atoms with Gasteiger partial charge in [-0.15, -0.1) is 35.3 Å². The van der Waals surface area contributed by atoms with Crippen LogP contribution in [-0.4, -0.2) is 53.5 Å². The topological polar surface area (TPSA) is 98.7 Å². The van der Waals surface area contributed by atoms with E-state index in [9.17, 15) is 9.59 Å². The zero-order chi connectivity index (χ0) is 19.3. The zero-order valence-electron chi connectivity index (χ0n) is 16.5. The Hall–Kier alpha value is -1.43. The molecule has 1 aromatic heterocycles. The van der Waals surface area contributed by atoms with Crippen LogP contribution in [-0.2, 0) is 11.3 Å². The van der Waals surface area contributed by atoms with Crippen LogP contribution in [0, 0.1) is 13.8 Å². The van der Waals surface area contributed by atoms with Gasteiger partial charge in [-0.05, 0) is 33.6 Å². The van der Waals surface area contributed by atoms with Crippen LogP contribution in [0.4, 0.5) is 4.79 Å². The predicted molar refractivity (Wildman–Crippen MR) is 119 cm³/mol. The van der Waals surface area contributed by atoms with Crippen LogP contribution >= 0.6 is 35.3 Å². The Kier molecular flexibility index (Phi) is 8.92. The van der Waals surface area contributed by atoms with E-state index >= 15 is 0 Å². The summed E-state index contributed by atoms with van der Waals surface area (Å²) in [6.07, 6.45) is 1.23. The molecule has 1 unspecified atom stereocenters. The number of hydrogen-bond donors (Lipinski definition) is 3. The Bertz CT molecular complexity index is 708. The van der Waals surface area contributed by atoms with Crippen molar-refractivity contribution in [3.05, 3.63) is 15.6 Å². The van der Waals surface area contributed by atoms with Gasteiger partial charge >= 0.3 is 6.03 Å². The summed E-state index contributed by atoms with van der Waals surface area (Å²) in [6.45, 7) is 9.31. The van der Waals surface area contributed by atoms with Gasteiger partial charge in [0.05, 0.1) is 17.2 Å². The molecular weight excluding hydrogens is 479 g/mol. The molecule has 0 aromatic carbocycles. The van der Waals surface area contributed by atoms with E-state index in [1.54, 1.807) is 25.3 Å². The number of aromatic nitrogens is 1. The minimum absolute atomic E-state index is 0. The van der Waals surface area contributed by atoms with Crippen molar-refractivity contribution < 1.29 is 9.59 Å². The van der Waals surface area contributed by atoms with E-state index in [1.807, 2.05) is 20.8 Å². The van der Waals surface area contributed by atoms with Crippen molar-refractivity contribution in [3.8, 4) is 0 Å². The lowest BCUT2D eigenvalue weighted by molar-refractivity contribution is -0.130. The number of imide groups is 1. The molecule has 8 nitrogen and oxygen atoms in total. The Labute approximate surface area is 181 Å². The molecule has 2 heterocycles. The minimum Gasteiger partial charge on any atom is -0.356 e. The molecule has 0 aliphatic carbocycles. The number of thiazole rings is 1. The largest absolute Gasteiger partial charge is 0.356 e. The zero-order valence-corrected chi connectivity index (χ0v) is 19.7. The number of aryl methyl sites for hydroxylation is 2. The summed E-state index contributed by atoms with van der Waals surface area (Å²) in [5.74, 6) is 0.537. The van der Waals surface area contributed by atoms with E-state index in [0.29, 0.717) is 38.4 Å². The molecule has 0 spiro atoms. The van der Waals surface area contributed by atoms with Crippen molar-refractivity contribution in [2.75, 3.05) is 20.1 Å². The van der Waals surface area contributed by atoms with Gasteiger partial charge in [-0.2, -0.15) is 0 Å². The monoisotopic (exact) mass is 508 g/mol. The van der Waals surface area contributed by atoms with Gasteiger partial charge in [-0.25, -0.2) is 9.78 Å². The highest BCUT2D eigenvalue weighted by atomic mass is 127. The number of aliphatic imine (C=N–C) groups is 1. The number of guanidine groups is 1. The number of halogens is 1. The highest BCUT2D eigenvalue weighted by molar-refractivity contribution is 14.0. The van der Waals surface area contributed by atoms with Crippen molar-refractivity contribution >= 4 is 53.2 Å². The van der Waals surface area contributed by atoms with Crippen LogP contribution < -0.4 is 16.0 Å². The summed E-state index contributed by atoms with van der Waals surface area (Å²) < 4.78 is 0. The number of nitrogens with zero attached hydrogens (tertiary/aromatic N) is 3. The van der Waals surface area contributed by atoms with Gasteiger partial charge in [0.2, 0.25) is 0 Å². The van der Waals surface area contributed by atoms with Crippen LogP contribution in [0.5, 0.6) is 0 Å². The number of hydrogen-bond acceptors (Lipinski definition) is 5. The minimum atomic E-state index is -0.771. The first kappa shape index (κ1) is 23.6. The first-order valence-electron chi connectivity index (χ1n) is 8.82. The van der Waals surface area contributed by atoms with Gasteiger partial charge in [-0.3, -0.25) is 14.7 Å². The fourth-order valence-corrected chi connectivity index (χ4v) is 3.63. The van der Waals surface area contributed by atoms with Crippen molar-refractivity contribution in [3.63, 3.8) is 0 Å². The Morgan fingerprint density at radius 2 is 2.04 bits per heavy atom. The van der Waals surface area contributed by atoms with E-state index in [2.05, 4.69) is 25.9 Å². The Morgan fingerprint density at radius 3 is 2.56 bits per heavy atom. The van der Waals surface area contributed by atoms with Gasteiger partial charge in [0.1, 0.15) is 5.54 Å². The summed E-state index contributed by atoms with van der Waals surface area (Å²) in [4.78, 5) is 35.4. The molecule has 1 fully saturated rings. The molecule has 1 aliphatic rings. The standard InChI is InChI=1S/C17H28N6O2S.HI/c1-6-17(4)14(24)23(16(25)22-17)9-7-8-19-15(18-5)20-10-13-11(2)21-12(3)26-13;/h6-10H2,1-5H3,(H,22,25)(H2,18,19,20);1H. The van der Waals surface area contributed by atoms with E-state index in [0.717, 1.165) is 10.7 Å². The highest BCUT2D eigenvalue weighted by Gasteiger charge is 2.45. The second kappa shape index (κ2) is 10.2. The third-order valence-corrected chi connectivity index (χ3v) is 5.62. The molecule has 27 heavy (non-hydrogen) atoms. The number of amides is 3. The molecule has 3 amide bonds. The van der Waals surface area contributed by atoms with Crippen molar-refractivity contribution in [1.29, 1.82) is 0 Å². The van der Waals surface area contributed by atoms with Gasteiger partial charge in [-0.1, -0.05) is 6.92 Å². The molecule has 3 N–H and O–H groups in total. The fraction of sp³-hybridized carbons (Fsp3) is 0.647. The molecule has 152 valence electrons.